The van der Waals surface area contributed by atoms with Crippen molar-refractivity contribution in [3.8, 4) is 5.75 Å². The van der Waals surface area contributed by atoms with E-state index >= 15 is 0 Å². The van der Waals surface area contributed by atoms with Crippen LogP contribution in [-0.4, -0.2) is 49.0 Å². The number of rotatable bonds is 7. The van der Waals surface area contributed by atoms with Gasteiger partial charge in [0.05, 0.1) is 19.3 Å². The Kier molecular flexibility index (Phi) is 6.78. The molecule has 2 amide bonds. The number of carbonyl (C=O) groups is 2. The van der Waals surface area contributed by atoms with Crippen LogP contribution in [0.5, 0.6) is 5.75 Å². The predicted molar refractivity (Wildman–Crippen MR) is 97.2 cm³/mol. The van der Waals surface area contributed by atoms with E-state index in [0.717, 1.165) is 0 Å². The second-order valence-electron chi connectivity index (χ2n) is 6.39. The van der Waals surface area contributed by atoms with Gasteiger partial charge in [0.15, 0.2) is 0 Å². The minimum Gasteiger partial charge on any atom is -0.495 e. The lowest BCUT2D eigenvalue weighted by molar-refractivity contribution is -0.135. The fraction of sp³-hybridized carbons (Fsp3) is 0.556. The highest BCUT2D eigenvalue weighted by Gasteiger charge is 2.32. The molecule has 138 valence electrons. The molecule has 1 aromatic rings. The summed E-state index contributed by atoms with van der Waals surface area (Å²) in [5.74, 6) is 0.560. The van der Waals surface area contributed by atoms with Crippen LogP contribution < -0.4 is 20.9 Å². The number of hydrazine groups is 1. The normalized spacial score (nSPS) is 22.5. The van der Waals surface area contributed by atoms with Gasteiger partial charge in [-0.1, -0.05) is 12.1 Å². The van der Waals surface area contributed by atoms with Gasteiger partial charge in [0.1, 0.15) is 5.75 Å². The first-order valence-electron chi connectivity index (χ1n) is 8.68. The van der Waals surface area contributed by atoms with Gasteiger partial charge in [-0.2, -0.15) is 0 Å². The Morgan fingerprint density at radius 2 is 1.84 bits per heavy atom. The lowest BCUT2D eigenvalue weighted by Crippen LogP contribution is -2.40. The topological polar surface area (TPSA) is 82.7 Å². The van der Waals surface area contributed by atoms with Crippen LogP contribution in [0, 0.1) is 5.92 Å². The molecule has 0 bridgehead atoms. The summed E-state index contributed by atoms with van der Waals surface area (Å²) in [6.45, 7) is 6.52. The average molecular weight is 348 g/mol. The van der Waals surface area contributed by atoms with Gasteiger partial charge in [0, 0.05) is 31.0 Å². The van der Waals surface area contributed by atoms with Gasteiger partial charge >= 0.3 is 0 Å². The molecule has 1 aliphatic rings. The predicted octanol–water partition coefficient (Wildman–Crippen LogP) is 1.37. The molecule has 1 heterocycles. The van der Waals surface area contributed by atoms with E-state index in [1.165, 1.54) is 0 Å². The number of nitrogens with one attached hydrogen (secondary N) is 3. The molecule has 2 atom stereocenters. The smallest absolute Gasteiger partial charge is 0.244 e. The number of hydrogen-bond acceptors (Lipinski definition) is 5. The maximum Gasteiger partial charge on any atom is 0.244 e. The van der Waals surface area contributed by atoms with Gasteiger partial charge in [-0.05, 0) is 32.9 Å². The summed E-state index contributed by atoms with van der Waals surface area (Å²) in [5.41, 5.74) is 6.91. The molecular weight excluding hydrogens is 320 g/mol. The molecule has 1 aliphatic heterocycles. The van der Waals surface area contributed by atoms with E-state index in [9.17, 15) is 9.59 Å². The van der Waals surface area contributed by atoms with E-state index in [4.69, 9.17) is 4.74 Å². The summed E-state index contributed by atoms with van der Waals surface area (Å²) in [6.07, 6.45) is 0.415. The highest BCUT2D eigenvalue weighted by atomic mass is 16.5. The number of hydrogen-bond donors (Lipinski definition) is 3. The van der Waals surface area contributed by atoms with E-state index in [-0.39, 0.29) is 36.4 Å². The lowest BCUT2D eigenvalue weighted by atomic mass is 9.92. The summed E-state index contributed by atoms with van der Waals surface area (Å²) in [5, 5.41) is 2.81. The van der Waals surface area contributed by atoms with Crippen LogP contribution in [0.25, 0.3) is 0 Å². The minimum absolute atomic E-state index is 0.00752. The monoisotopic (exact) mass is 348 g/mol. The van der Waals surface area contributed by atoms with Gasteiger partial charge in [0.2, 0.25) is 11.8 Å². The van der Waals surface area contributed by atoms with Crippen molar-refractivity contribution >= 4 is 17.5 Å². The summed E-state index contributed by atoms with van der Waals surface area (Å²) in [6, 6.07) is 7.65. The molecule has 0 saturated carbocycles. The van der Waals surface area contributed by atoms with Crippen molar-refractivity contribution in [2.75, 3.05) is 25.5 Å². The number of likely N-dealkylation sites (N-methyl/N-ethyl adjacent to an activating group) is 1. The van der Waals surface area contributed by atoms with Crippen LogP contribution in [-0.2, 0) is 9.59 Å². The number of para-hydroxylation sites is 2. The number of benzene rings is 1. The SMILES string of the molecule is CCN(CC(=O)Nc1ccccc1OC)C(=O)CC1C(C)NNC1C. The zero-order valence-corrected chi connectivity index (χ0v) is 15.3. The quantitative estimate of drug-likeness (QED) is 0.693. The van der Waals surface area contributed by atoms with Crippen molar-refractivity contribution in [3.05, 3.63) is 24.3 Å². The number of nitrogens with zero attached hydrogens (tertiary/aromatic N) is 1. The largest absolute Gasteiger partial charge is 0.495 e. The van der Waals surface area contributed by atoms with Crippen LogP contribution in [0.4, 0.5) is 5.69 Å². The number of anilines is 1. The minimum atomic E-state index is -0.233. The highest BCUT2D eigenvalue weighted by molar-refractivity contribution is 5.95. The second-order valence-corrected chi connectivity index (χ2v) is 6.39. The van der Waals surface area contributed by atoms with Crippen LogP contribution in [0.1, 0.15) is 27.2 Å². The number of methoxy groups -OCH3 is 1. The molecule has 7 nitrogen and oxygen atoms in total. The van der Waals surface area contributed by atoms with Crippen LogP contribution in [0.3, 0.4) is 0 Å². The summed E-state index contributed by atoms with van der Waals surface area (Å²) < 4.78 is 5.23. The van der Waals surface area contributed by atoms with E-state index in [0.29, 0.717) is 24.4 Å². The number of carbonyl (C=O) groups excluding carboxylic acids is 2. The molecule has 2 unspecified atom stereocenters. The van der Waals surface area contributed by atoms with Crippen molar-refractivity contribution in [2.24, 2.45) is 5.92 Å². The average Bonchev–Trinajstić information content (AvgIpc) is 2.92. The first kappa shape index (κ1) is 19.2. The van der Waals surface area contributed by atoms with Gasteiger partial charge in [-0.15, -0.1) is 0 Å². The maximum absolute atomic E-state index is 12.6. The van der Waals surface area contributed by atoms with Crippen LogP contribution in [0.2, 0.25) is 0 Å². The Hall–Kier alpha value is -2.12. The van der Waals surface area contributed by atoms with Crippen molar-refractivity contribution < 1.29 is 14.3 Å². The van der Waals surface area contributed by atoms with Crippen LogP contribution >= 0.6 is 0 Å². The third-order valence-corrected chi connectivity index (χ3v) is 4.68. The Morgan fingerprint density at radius 3 is 2.44 bits per heavy atom. The molecule has 7 heteroatoms. The maximum atomic E-state index is 12.6. The lowest BCUT2D eigenvalue weighted by Gasteiger charge is -2.24. The number of ether oxygens (including phenoxy) is 1. The summed E-state index contributed by atoms with van der Waals surface area (Å²) >= 11 is 0. The second kappa shape index (κ2) is 8.82. The third kappa shape index (κ3) is 4.93. The van der Waals surface area contributed by atoms with Crippen molar-refractivity contribution in [1.82, 2.24) is 15.8 Å². The van der Waals surface area contributed by atoms with Gasteiger partial charge < -0.3 is 15.0 Å². The van der Waals surface area contributed by atoms with E-state index in [1.807, 2.05) is 19.1 Å². The fourth-order valence-corrected chi connectivity index (χ4v) is 3.08. The molecule has 2 rings (SSSR count). The van der Waals surface area contributed by atoms with Crippen molar-refractivity contribution in [1.29, 1.82) is 0 Å². The molecular formula is C18H28N4O3. The first-order valence-corrected chi connectivity index (χ1v) is 8.68. The summed E-state index contributed by atoms with van der Waals surface area (Å²) in [7, 11) is 1.55. The van der Waals surface area contributed by atoms with Gasteiger partial charge in [0.25, 0.3) is 0 Å². The van der Waals surface area contributed by atoms with E-state index < -0.39 is 0 Å². The fourth-order valence-electron chi connectivity index (χ4n) is 3.08. The first-order chi connectivity index (χ1) is 12.0. The Bertz CT molecular complexity index is 598. The van der Waals surface area contributed by atoms with E-state index in [1.54, 1.807) is 24.1 Å². The van der Waals surface area contributed by atoms with Crippen LogP contribution in [0.15, 0.2) is 24.3 Å². The van der Waals surface area contributed by atoms with Gasteiger partial charge in [-0.3, -0.25) is 20.4 Å². The van der Waals surface area contributed by atoms with Crippen molar-refractivity contribution in [3.63, 3.8) is 0 Å². The molecule has 0 aliphatic carbocycles. The Balaban J connectivity index is 1.94. The molecule has 25 heavy (non-hydrogen) atoms. The van der Waals surface area contributed by atoms with Gasteiger partial charge in [-0.25, -0.2) is 0 Å². The Morgan fingerprint density at radius 1 is 1.20 bits per heavy atom. The molecule has 1 saturated heterocycles. The molecule has 1 fully saturated rings. The molecule has 3 N–H and O–H groups in total. The molecule has 0 aromatic heterocycles. The molecule has 0 spiro atoms. The standard InChI is InChI=1S/C18H28N4O3/c1-5-22(18(24)10-14-12(2)20-21-13(14)3)11-17(23)19-15-8-6-7-9-16(15)25-4/h6-9,12-14,20-21H,5,10-11H2,1-4H3,(H,19,23). The highest BCUT2D eigenvalue weighted by Crippen LogP contribution is 2.23. The summed E-state index contributed by atoms with van der Waals surface area (Å²) in [4.78, 5) is 26.5. The van der Waals surface area contributed by atoms with E-state index in [2.05, 4.69) is 30.0 Å². The third-order valence-electron chi connectivity index (χ3n) is 4.68. The number of amides is 2. The zero-order chi connectivity index (χ0) is 18.4. The molecule has 1 aromatic carbocycles. The van der Waals surface area contributed by atoms with Crippen molar-refractivity contribution in [2.45, 2.75) is 39.3 Å². The molecule has 0 radical (unpaired) electrons. The Labute approximate surface area is 149 Å². The zero-order valence-electron chi connectivity index (χ0n) is 15.3.